The lowest BCUT2D eigenvalue weighted by Crippen LogP contribution is -2.41. The quantitative estimate of drug-likeness (QED) is 0.684. The van der Waals surface area contributed by atoms with E-state index in [0.29, 0.717) is 17.9 Å². The average Bonchev–Trinajstić information content (AvgIpc) is 2.87. The van der Waals surface area contributed by atoms with Crippen LogP contribution in [0.4, 0.5) is 4.79 Å². The SMILES string of the molecule is CCCC1NC(=O)N(CC(=O)NCc2ccc(OC)c(OC)c2)C1=O. The summed E-state index contributed by atoms with van der Waals surface area (Å²) in [6, 6.07) is 4.24. The van der Waals surface area contributed by atoms with E-state index in [1.807, 2.05) is 6.92 Å². The van der Waals surface area contributed by atoms with Crippen LogP contribution in [0.2, 0.25) is 0 Å². The minimum atomic E-state index is -0.531. The maximum Gasteiger partial charge on any atom is 0.325 e. The Morgan fingerprint density at radius 2 is 1.96 bits per heavy atom. The first-order chi connectivity index (χ1) is 12.0. The number of imide groups is 1. The molecule has 1 aromatic rings. The highest BCUT2D eigenvalue weighted by Crippen LogP contribution is 2.27. The van der Waals surface area contributed by atoms with E-state index in [2.05, 4.69) is 10.6 Å². The van der Waals surface area contributed by atoms with Gasteiger partial charge in [0.15, 0.2) is 11.5 Å². The Kier molecular flexibility index (Phi) is 6.21. The van der Waals surface area contributed by atoms with E-state index in [4.69, 9.17) is 9.47 Å². The second kappa shape index (κ2) is 8.36. The molecule has 2 N–H and O–H groups in total. The van der Waals surface area contributed by atoms with Crippen molar-refractivity contribution in [3.05, 3.63) is 23.8 Å². The number of amides is 4. The molecule has 0 aromatic heterocycles. The summed E-state index contributed by atoms with van der Waals surface area (Å²) in [5, 5.41) is 5.28. The Morgan fingerprint density at radius 3 is 2.60 bits per heavy atom. The summed E-state index contributed by atoms with van der Waals surface area (Å²) in [6.45, 7) is 1.89. The van der Waals surface area contributed by atoms with Crippen LogP contribution in [0.3, 0.4) is 0 Å². The van der Waals surface area contributed by atoms with Crippen molar-refractivity contribution in [1.29, 1.82) is 0 Å². The minimum Gasteiger partial charge on any atom is -0.493 e. The lowest BCUT2D eigenvalue weighted by Gasteiger charge is -2.14. The van der Waals surface area contributed by atoms with Gasteiger partial charge in [0, 0.05) is 6.54 Å². The van der Waals surface area contributed by atoms with Crippen LogP contribution in [0.25, 0.3) is 0 Å². The molecule has 1 aliphatic heterocycles. The first-order valence-corrected chi connectivity index (χ1v) is 8.09. The summed E-state index contributed by atoms with van der Waals surface area (Å²) < 4.78 is 10.4. The molecule has 4 amide bonds. The summed E-state index contributed by atoms with van der Waals surface area (Å²) in [6.07, 6.45) is 1.34. The number of carbonyl (C=O) groups is 3. The van der Waals surface area contributed by atoms with E-state index in [9.17, 15) is 14.4 Å². The van der Waals surface area contributed by atoms with Crippen LogP contribution < -0.4 is 20.1 Å². The summed E-state index contributed by atoms with van der Waals surface area (Å²) in [5.41, 5.74) is 0.812. The van der Waals surface area contributed by atoms with Crippen molar-refractivity contribution < 1.29 is 23.9 Å². The second-order valence-electron chi connectivity index (χ2n) is 5.68. The van der Waals surface area contributed by atoms with Gasteiger partial charge in [0.05, 0.1) is 14.2 Å². The number of methoxy groups -OCH3 is 2. The molecule has 0 saturated carbocycles. The monoisotopic (exact) mass is 349 g/mol. The van der Waals surface area contributed by atoms with Gasteiger partial charge in [0.2, 0.25) is 5.91 Å². The van der Waals surface area contributed by atoms with Crippen LogP contribution in [-0.4, -0.2) is 49.6 Å². The van der Waals surface area contributed by atoms with Gasteiger partial charge in [-0.3, -0.25) is 14.5 Å². The first kappa shape index (κ1) is 18.6. The van der Waals surface area contributed by atoms with Crippen molar-refractivity contribution in [2.75, 3.05) is 20.8 Å². The highest BCUT2D eigenvalue weighted by molar-refractivity contribution is 6.06. The fourth-order valence-electron chi connectivity index (χ4n) is 2.60. The van der Waals surface area contributed by atoms with Crippen molar-refractivity contribution in [2.24, 2.45) is 0 Å². The first-order valence-electron chi connectivity index (χ1n) is 8.09. The smallest absolute Gasteiger partial charge is 0.325 e. The number of nitrogens with one attached hydrogen (secondary N) is 2. The van der Waals surface area contributed by atoms with Gasteiger partial charge in [0.1, 0.15) is 12.6 Å². The fourth-order valence-corrected chi connectivity index (χ4v) is 2.60. The van der Waals surface area contributed by atoms with Gasteiger partial charge in [-0.1, -0.05) is 19.4 Å². The third kappa shape index (κ3) is 4.40. The lowest BCUT2D eigenvalue weighted by atomic mass is 10.2. The fraction of sp³-hybridized carbons (Fsp3) is 0.471. The molecule has 1 saturated heterocycles. The molecule has 1 heterocycles. The van der Waals surface area contributed by atoms with Crippen LogP contribution in [0.15, 0.2) is 18.2 Å². The van der Waals surface area contributed by atoms with Crippen LogP contribution in [0.1, 0.15) is 25.3 Å². The third-order valence-electron chi connectivity index (χ3n) is 3.92. The number of hydrogen-bond donors (Lipinski definition) is 2. The number of urea groups is 1. The summed E-state index contributed by atoms with van der Waals surface area (Å²) >= 11 is 0. The molecule has 25 heavy (non-hydrogen) atoms. The Labute approximate surface area is 146 Å². The lowest BCUT2D eigenvalue weighted by molar-refractivity contribution is -0.132. The second-order valence-corrected chi connectivity index (χ2v) is 5.68. The van der Waals surface area contributed by atoms with Gasteiger partial charge >= 0.3 is 6.03 Å². The Balaban J connectivity index is 1.91. The van der Waals surface area contributed by atoms with E-state index in [1.54, 1.807) is 25.3 Å². The number of carbonyl (C=O) groups excluding carboxylic acids is 3. The maximum absolute atomic E-state index is 12.1. The van der Waals surface area contributed by atoms with Crippen molar-refractivity contribution in [3.63, 3.8) is 0 Å². The van der Waals surface area contributed by atoms with E-state index in [-0.39, 0.29) is 19.0 Å². The molecule has 8 nitrogen and oxygen atoms in total. The van der Waals surface area contributed by atoms with E-state index < -0.39 is 18.0 Å². The molecular formula is C17H23N3O5. The van der Waals surface area contributed by atoms with E-state index >= 15 is 0 Å². The van der Waals surface area contributed by atoms with E-state index in [1.165, 1.54) is 7.11 Å². The summed E-state index contributed by atoms with van der Waals surface area (Å²) in [5.74, 6) is 0.396. The highest BCUT2D eigenvalue weighted by atomic mass is 16.5. The normalized spacial score (nSPS) is 16.6. The Hall–Kier alpha value is -2.77. The number of nitrogens with zero attached hydrogens (tertiary/aromatic N) is 1. The van der Waals surface area contributed by atoms with Crippen molar-refractivity contribution in [3.8, 4) is 11.5 Å². The van der Waals surface area contributed by atoms with E-state index in [0.717, 1.165) is 16.9 Å². The zero-order valence-electron chi connectivity index (χ0n) is 14.6. The summed E-state index contributed by atoms with van der Waals surface area (Å²) in [4.78, 5) is 36.9. The highest BCUT2D eigenvalue weighted by Gasteiger charge is 2.38. The minimum absolute atomic E-state index is 0.251. The zero-order valence-corrected chi connectivity index (χ0v) is 14.6. The number of hydrogen-bond acceptors (Lipinski definition) is 5. The molecule has 0 spiro atoms. The standard InChI is InChI=1S/C17H23N3O5/c1-4-5-12-16(22)20(17(23)19-12)10-15(21)18-9-11-6-7-13(24-2)14(8-11)25-3/h6-8,12H,4-5,9-10H2,1-3H3,(H,18,21)(H,19,23). The van der Waals surface area contributed by atoms with Crippen molar-refractivity contribution >= 4 is 17.8 Å². The Bertz CT molecular complexity index is 662. The molecule has 1 fully saturated rings. The van der Waals surface area contributed by atoms with Crippen LogP contribution in [-0.2, 0) is 16.1 Å². The molecule has 8 heteroatoms. The zero-order chi connectivity index (χ0) is 18.4. The van der Waals surface area contributed by atoms with Gasteiger partial charge in [-0.05, 0) is 24.1 Å². The molecule has 1 unspecified atom stereocenters. The molecule has 2 rings (SSSR count). The average molecular weight is 349 g/mol. The van der Waals surface area contributed by atoms with Gasteiger partial charge in [-0.15, -0.1) is 0 Å². The van der Waals surface area contributed by atoms with Crippen molar-refractivity contribution in [2.45, 2.75) is 32.4 Å². The summed E-state index contributed by atoms with van der Waals surface area (Å²) in [7, 11) is 3.08. The van der Waals surface area contributed by atoms with Gasteiger partial charge < -0.3 is 20.1 Å². The molecule has 1 atom stereocenters. The van der Waals surface area contributed by atoms with Gasteiger partial charge in [-0.25, -0.2) is 4.79 Å². The largest absolute Gasteiger partial charge is 0.493 e. The third-order valence-corrected chi connectivity index (χ3v) is 3.92. The number of rotatable bonds is 8. The van der Waals surface area contributed by atoms with Crippen LogP contribution in [0.5, 0.6) is 11.5 Å². The molecule has 0 aliphatic carbocycles. The molecular weight excluding hydrogens is 326 g/mol. The Morgan fingerprint density at radius 1 is 1.24 bits per heavy atom. The molecule has 136 valence electrons. The molecule has 0 bridgehead atoms. The number of ether oxygens (including phenoxy) is 2. The molecule has 0 radical (unpaired) electrons. The van der Waals surface area contributed by atoms with Gasteiger partial charge in [0.25, 0.3) is 5.91 Å². The topological polar surface area (TPSA) is 97.0 Å². The van der Waals surface area contributed by atoms with Gasteiger partial charge in [-0.2, -0.15) is 0 Å². The van der Waals surface area contributed by atoms with Crippen molar-refractivity contribution in [1.82, 2.24) is 15.5 Å². The van der Waals surface area contributed by atoms with Crippen LogP contribution in [0, 0.1) is 0 Å². The predicted octanol–water partition coefficient (Wildman–Crippen LogP) is 1.04. The number of benzene rings is 1. The molecule has 1 aliphatic rings. The predicted molar refractivity (Wildman–Crippen MR) is 90.3 cm³/mol. The maximum atomic E-state index is 12.1. The molecule has 1 aromatic carbocycles. The van der Waals surface area contributed by atoms with Crippen LogP contribution >= 0.6 is 0 Å².